The van der Waals surface area contributed by atoms with Crippen molar-refractivity contribution in [3.8, 4) is 0 Å². The van der Waals surface area contributed by atoms with Crippen LogP contribution in [0.4, 0.5) is 0 Å². The number of carbonyl (C=O) groups excluding carboxylic acids is 2. The van der Waals surface area contributed by atoms with Crippen molar-refractivity contribution < 1.29 is 19.1 Å². The van der Waals surface area contributed by atoms with Gasteiger partial charge in [-0.25, -0.2) is 0 Å². The summed E-state index contributed by atoms with van der Waals surface area (Å²) in [6.45, 7) is 8.30. The second-order valence-corrected chi connectivity index (χ2v) is 6.37. The molecule has 2 unspecified atom stereocenters. The second-order valence-electron chi connectivity index (χ2n) is 6.37. The van der Waals surface area contributed by atoms with Crippen molar-refractivity contribution in [3.63, 3.8) is 0 Å². The molecule has 0 bridgehead atoms. The fraction of sp³-hybridized carbons (Fsp3) is 0.600. The fourth-order valence-electron chi connectivity index (χ4n) is 2.88. The van der Waals surface area contributed by atoms with E-state index in [2.05, 4.69) is 0 Å². The predicted molar refractivity (Wildman–Crippen MR) is 94.5 cm³/mol. The number of hydrogen-bond acceptors (Lipinski definition) is 4. The molecule has 4 nitrogen and oxygen atoms in total. The number of ether oxygens (including phenoxy) is 2. The summed E-state index contributed by atoms with van der Waals surface area (Å²) in [5.41, 5.74) is 1.15. The van der Waals surface area contributed by atoms with Crippen molar-refractivity contribution in [2.45, 2.75) is 47.0 Å². The van der Waals surface area contributed by atoms with Gasteiger partial charge in [0.2, 0.25) is 0 Å². The maximum atomic E-state index is 12.5. The van der Waals surface area contributed by atoms with E-state index in [-0.39, 0.29) is 11.9 Å². The summed E-state index contributed by atoms with van der Waals surface area (Å²) in [7, 11) is 0. The summed E-state index contributed by atoms with van der Waals surface area (Å²) in [6, 6.07) is 9.98. The Bertz CT molecular complexity index is 496. The van der Waals surface area contributed by atoms with Crippen molar-refractivity contribution in [3.05, 3.63) is 35.9 Å². The molecule has 0 aliphatic heterocycles. The van der Waals surface area contributed by atoms with Gasteiger partial charge in [0.05, 0.1) is 25.0 Å². The van der Waals surface area contributed by atoms with Crippen LogP contribution in [0.1, 0.15) is 46.1 Å². The molecule has 134 valence electrons. The molecule has 24 heavy (non-hydrogen) atoms. The van der Waals surface area contributed by atoms with E-state index >= 15 is 0 Å². The van der Waals surface area contributed by atoms with Crippen molar-refractivity contribution in [1.29, 1.82) is 0 Å². The van der Waals surface area contributed by atoms with Gasteiger partial charge in [0, 0.05) is 0 Å². The van der Waals surface area contributed by atoms with E-state index in [0.29, 0.717) is 32.0 Å². The first-order chi connectivity index (χ1) is 11.5. The van der Waals surface area contributed by atoms with Crippen LogP contribution in [-0.4, -0.2) is 25.2 Å². The third-order valence-electron chi connectivity index (χ3n) is 3.98. The van der Waals surface area contributed by atoms with Crippen LogP contribution < -0.4 is 0 Å². The van der Waals surface area contributed by atoms with E-state index < -0.39 is 11.8 Å². The zero-order chi connectivity index (χ0) is 17.9. The van der Waals surface area contributed by atoms with Crippen LogP contribution in [0.15, 0.2) is 30.3 Å². The number of esters is 2. The highest BCUT2D eigenvalue weighted by Gasteiger charge is 2.35. The van der Waals surface area contributed by atoms with Gasteiger partial charge >= 0.3 is 11.9 Å². The van der Waals surface area contributed by atoms with E-state index in [0.717, 1.165) is 12.0 Å². The fourth-order valence-corrected chi connectivity index (χ4v) is 2.88. The Hall–Kier alpha value is -1.84. The average Bonchev–Trinajstić information content (AvgIpc) is 2.55. The van der Waals surface area contributed by atoms with Crippen molar-refractivity contribution in [1.82, 2.24) is 0 Å². The zero-order valence-corrected chi connectivity index (χ0v) is 15.3. The van der Waals surface area contributed by atoms with Gasteiger partial charge in [-0.1, -0.05) is 44.2 Å². The molecule has 0 aromatic heterocycles. The van der Waals surface area contributed by atoms with Gasteiger partial charge in [0.15, 0.2) is 0 Å². The molecule has 0 radical (unpaired) electrons. The van der Waals surface area contributed by atoms with Crippen molar-refractivity contribution >= 4 is 11.9 Å². The molecular formula is C20H30O4. The summed E-state index contributed by atoms with van der Waals surface area (Å²) >= 11 is 0. The summed E-state index contributed by atoms with van der Waals surface area (Å²) in [5, 5.41) is 0. The highest BCUT2D eigenvalue weighted by molar-refractivity contribution is 5.82. The Kier molecular flexibility index (Phi) is 9.13. The highest BCUT2D eigenvalue weighted by atomic mass is 16.5. The van der Waals surface area contributed by atoms with E-state index in [1.807, 2.05) is 44.2 Å². The molecule has 0 saturated carbocycles. The lowest BCUT2D eigenvalue weighted by molar-refractivity contribution is -0.161. The van der Waals surface area contributed by atoms with Crippen LogP contribution in [0.2, 0.25) is 0 Å². The van der Waals surface area contributed by atoms with Gasteiger partial charge in [-0.05, 0) is 44.6 Å². The van der Waals surface area contributed by atoms with E-state index in [1.54, 1.807) is 13.8 Å². The number of benzene rings is 1. The molecular weight excluding hydrogens is 304 g/mol. The molecule has 0 amide bonds. The molecule has 1 aromatic carbocycles. The van der Waals surface area contributed by atoms with Crippen molar-refractivity contribution in [2.75, 3.05) is 13.2 Å². The third-order valence-corrected chi connectivity index (χ3v) is 3.98. The van der Waals surface area contributed by atoms with Gasteiger partial charge in [0.1, 0.15) is 0 Å². The summed E-state index contributed by atoms with van der Waals surface area (Å²) in [4.78, 5) is 24.9. The number of rotatable bonds is 10. The van der Waals surface area contributed by atoms with Crippen LogP contribution >= 0.6 is 0 Å². The van der Waals surface area contributed by atoms with E-state index in [9.17, 15) is 9.59 Å². The Morgan fingerprint density at radius 3 is 1.96 bits per heavy atom. The van der Waals surface area contributed by atoms with E-state index in [4.69, 9.17) is 9.47 Å². The topological polar surface area (TPSA) is 52.6 Å². The normalized spacial score (nSPS) is 13.4. The lowest BCUT2D eigenvalue weighted by Crippen LogP contribution is -2.34. The quantitative estimate of drug-likeness (QED) is 0.606. The largest absolute Gasteiger partial charge is 0.466 e. The molecule has 0 saturated heterocycles. The minimum Gasteiger partial charge on any atom is -0.466 e. The zero-order valence-electron chi connectivity index (χ0n) is 15.3. The summed E-state index contributed by atoms with van der Waals surface area (Å²) in [6.07, 6.45) is 1.94. The minimum atomic E-state index is -0.466. The minimum absolute atomic E-state index is 0.294. The van der Waals surface area contributed by atoms with Crippen LogP contribution in [0.3, 0.4) is 0 Å². The van der Waals surface area contributed by atoms with E-state index in [1.165, 1.54) is 0 Å². The number of aryl methyl sites for hydroxylation is 1. The Morgan fingerprint density at radius 1 is 0.917 bits per heavy atom. The van der Waals surface area contributed by atoms with Crippen LogP contribution in [0, 0.1) is 17.8 Å². The molecule has 1 aromatic rings. The van der Waals surface area contributed by atoms with Crippen LogP contribution in [0.25, 0.3) is 0 Å². The molecule has 1 rings (SSSR count). The average molecular weight is 334 g/mol. The second kappa shape index (κ2) is 10.8. The number of hydrogen-bond donors (Lipinski definition) is 0. The molecule has 0 heterocycles. The van der Waals surface area contributed by atoms with Crippen molar-refractivity contribution in [2.24, 2.45) is 17.8 Å². The Morgan fingerprint density at radius 2 is 1.46 bits per heavy atom. The standard InChI is InChI=1S/C20H30O4/c1-5-23-19(21)17(13-12-16-10-8-7-9-11-16)18(14-15(3)4)20(22)24-6-2/h7-11,15,17-18H,5-6,12-14H2,1-4H3. The van der Waals surface area contributed by atoms with Gasteiger partial charge in [0.25, 0.3) is 0 Å². The van der Waals surface area contributed by atoms with Gasteiger partial charge in [-0.2, -0.15) is 0 Å². The Balaban J connectivity index is 2.93. The lowest BCUT2D eigenvalue weighted by atomic mass is 9.82. The molecule has 0 aliphatic rings. The van der Waals surface area contributed by atoms with Crippen LogP contribution in [0.5, 0.6) is 0 Å². The lowest BCUT2D eigenvalue weighted by Gasteiger charge is -2.25. The molecule has 4 heteroatoms. The SMILES string of the molecule is CCOC(=O)C(CCc1ccccc1)C(CC(C)C)C(=O)OCC. The van der Waals surface area contributed by atoms with Gasteiger partial charge in [-0.3, -0.25) is 9.59 Å². The van der Waals surface area contributed by atoms with Gasteiger partial charge < -0.3 is 9.47 Å². The molecule has 0 fully saturated rings. The third kappa shape index (κ3) is 6.73. The smallest absolute Gasteiger partial charge is 0.309 e. The maximum absolute atomic E-state index is 12.5. The van der Waals surface area contributed by atoms with Crippen LogP contribution in [-0.2, 0) is 25.5 Å². The molecule has 0 N–H and O–H groups in total. The number of carbonyl (C=O) groups is 2. The Labute approximate surface area is 145 Å². The van der Waals surface area contributed by atoms with Gasteiger partial charge in [-0.15, -0.1) is 0 Å². The first-order valence-corrected chi connectivity index (χ1v) is 8.86. The molecule has 2 atom stereocenters. The molecule has 0 aliphatic carbocycles. The maximum Gasteiger partial charge on any atom is 0.309 e. The molecule has 0 spiro atoms. The summed E-state index contributed by atoms with van der Waals surface area (Å²) in [5.74, 6) is -1.21. The highest BCUT2D eigenvalue weighted by Crippen LogP contribution is 2.28. The first kappa shape index (κ1) is 20.2. The predicted octanol–water partition coefficient (Wildman–Crippen LogP) is 4.02. The first-order valence-electron chi connectivity index (χ1n) is 8.86. The summed E-state index contributed by atoms with van der Waals surface area (Å²) < 4.78 is 10.5. The monoisotopic (exact) mass is 334 g/mol.